The minimum atomic E-state index is -0.729. The van der Waals surface area contributed by atoms with Crippen molar-refractivity contribution < 1.29 is 14.6 Å². The van der Waals surface area contributed by atoms with E-state index in [2.05, 4.69) is 54.3 Å². The summed E-state index contributed by atoms with van der Waals surface area (Å²) in [7, 11) is 0. The van der Waals surface area contributed by atoms with Crippen LogP contribution in [-0.2, 0) is 16.6 Å². The normalized spacial score (nSPS) is 17.4. The first-order valence-electron chi connectivity index (χ1n) is 10.7. The molecule has 6 heteroatoms. The predicted octanol–water partition coefficient (Wildman–Crippen LogP) is 5.70. The number of likely N-dealkylation sites (tertiary alicyclic amines) is 1. The molecule has 2 aromatic rings. The van der Waals surface area contributed by atoms with Gasteiger partial charge in [-0.2, -0.15) is 0 Å². The summed E-state index contributed by atoms with van der Waals surface area (Å²) in [6, 6.07) is 12.6. The van der Waals surface area contributed by atoms with E-state index in [1.807, 2.05) is 6.07 Å². The molecule has 0 saturated carbocycles. The molecule has 0 amide bonds. The zero-order chi connectivity index (χ0) is 21.1. The molecule has 2 aliphatic rings. The Morgan fingerprint density at radius 3 is 2.68 bits per heavy atom. The fourth-order valence-electron chi connectivity index (χ4n) is 4.49. The van der Waals surface area contributed by atoms with Crippen LogP contribution in [0.25, 0.3) is 12.2 Å². The van der Waals surface area contributed by atoms with Crippen molar-refractivity contribution >= 4 is 42.1 Å². The third-order valence-electron chi connectivity index (χ3n) is 6.46. The third-order valence-corrected chi connectivity index (χ3v) is 6.80. The van der Waals surface area contributed by atoms with Gasteiger partial charge in [0.1, 0.15) is 5.75 Å². The summed E-state index contributed by atoms with van der Waals surface area (Å²) in [6.45, 7) is 5.33. The summed E-state index contributed by atoms with van der Waals surface area (Å²) in [4.78, 5) is 13.1. The monoisotopic (exact) mass is 461 g/mol. The molecule has 1 saturated heterocycles. The maximum absolute atomic E-state index is 10.8. The molecule has 0 atom stereocenters. The number of rotatable bonds is 6. The minimum absolute atomic E-state index is 0. The van der Waals surface area contributed by atoms with E-state index in [-0.39, 0.29) is 24.2 Å². The lowest BCUT2D eigenvalue weighted by molar-refractivity contribution is -0.137. The van der Waals surface area contributed by atoms with Crippen molar-refractivity contribution in [1.29, 1.82) is 0 Å². The molecule has 0 aliphatic carbocycles. The first-order valence-corrected chi connectivity index (χ1v) is 11.0. The average Bonchev–Trinajstić information content (AvgIpc) is 3.10. The van der Waals surface area contributed by atoms with E-state index in [1.165, 1.54) is 11.1 Å². The molecule has 2 aromatic carbocycles. The lowest BCUT2D eigenvalue weighted by atomic mass is 9.74. The molecule has 166 valence electrons. The Morgan fingerprint density at radius 2 is 1.97 bits per heavy atom. The van der Waals surface area contributed by atoms with Gasteiger partial charge < -0.3 is 14.7 Å². The van der Waals surface area contributed by atoms with E-state index in [9.17, 15) is 4.79 Å². The maximum Gasteiger partial charge on any atom is 0.304 e. The summed E-state index contributed by atoms with van der Waals surface area (Å²) in [6.07, 6.45) is 7.36. The number of carbonyl (C=O) groups is 1. The van der Waals surface area contributed by atoms with Gasteiger partial charge in [0, 0.05) is 22.5 Å². The fraction of sp³-hybridized carbons (Fsp3) is 0.400. The zero-order valence-electron chi connectivity index (χ0n) is 17.8. The highest BCUT2D eigenvalue weighted by atomic mass is 35.5. The third kappa shape index (κ3) is 5.25. The molecule has 2 heterocycles. The second-order valence-corrected chi connectivity index (χ2v) is 8.76. The van der Waals surface area contributed by atoms with E-state index >= 15 is 0 Å². The Kier molecular flexibility index (Phi) is 7.68. The molecular weight excluding hydrogens is 433 g/mol. The van der Waals surface area contributed by atoms with Gasteiger partial charge in [-0.15, -0.1) is 12.4 Å². The van der Waals surface area contributed by atoms with Gasteiger partial charge in [-0.05, 0) is 61.2 Å². The van der Waals surface area contributed by atoms with Crippen LogP contribution < -0.4 is 4.74 Å². The highest BCUT2D eigenvalue weighted by molar-refractivity contribution is 6.32. The number of fused-ring (bicyclic) bond motifs is 2. The van der Waals surface area contributed by atoms with E-state index in [1.54, 1.807) is 0 Å². The summed E-state index contributed by atoms with van der Waals surface area (Å²) in [5, 5.41) is 9.66. The smallest absolute Gasteiger partial charge is 0.304 e. The molecule has 1 N–H and O–H groups in total. The molecule has 2 aliphatic heterocycles. The van der Waals surface area contributed by atoms with Crippen LogP contribution in [0.1, 0.15) is 48.4 Å². The van der Waals surface area contributed by atoms with Crippen molar-refractivity contribution in [3.63, 3.8) is 0 Å². The Morgan fingerprint density at radius 1 is 1.19 bits per heavy atom. The lowest BCUT2D eigenvalue weighted by Crippen LogP contribution is -2.44. The Balaban J connectivity index is 0.00000272. The van der Waals surface area contributed by atoms with Crippen LogP contribution in [0.3, 0.4) is 0 Å². The van der Waals surface area contributed by atoms with Crippen LogP contribution >= 0.6 is 24.0 Å². The summed E-state index contributed by atoms with van der Waals surface area (Å²) >= 11 is 6.35. The SMILES string of the molecule is CCc1ccc(Cl)c(/C=C/c2ccc3c(c2)OCC32CCN(CCC(=O)O)CC2)c1.Cl. The van der Waals surface area contributed by atoms with E-state index in [0.29, 0.717) is 13.2 Å². The van der Waals surface area contributed by atoms with Gasteiger partial charge in [0.2, 0.25) is 0 Å². The van der Waals surface area contributed by atoms with Crippen molar-refractivity contribution in [3.8, 4) is 5.75 Å². The number of aryl methyl sites for hydroxylation is 1. The van der Waals surface area contributed by atoms with Crippen molar-refractivity contribution in [3.05, 3.63) is 63.7 Å². The number of hydrogen-bond acceptors (Lipinski definition) is 3. The van der Waals surface area contributed by atoms with Gasteiger partial charge in [0.05, 0.1) is 13.0 Å². The van der Waals surface area contributed by atoms with Crippen LogP contribution in [0.4, 0.5) is 0 Å². The predicted molar refractivity (Wildman–Crippen MR) is 129 cm³/mol. The minimum Gasteiger partial charge on any atom is -0.492 e. The topological polar surface area (TPSA) is 49.8 Å². The van der Waals surface area contributed by atoms with Gasteiger partial charge in [0.25, 0.3) is 0 Å². The van der Waals surface area contributed by atoms with Crippen LogP contribution in [0, 0.1) is 0 Å². The van der Waals surface area contributed by atoms with Gasteiger partial charge in [0.15, 0.2) is 0 Å². The van der Waals surface area contributed by atoms with Crippen molar-refractivity contribution in [2.75, 3.05) is 26.2 Å². The Labute approximate surface area is 195 Å². The van der Waals surface area contributed by atoms with Crippen LogP contribution in [0.15, 0.2) is 36.4 Å². The number of halogens is 2. The quantitative estimate of drug-likeness (QED) is 0.560. The molecule has 31 heavy (non-hydrogen) atoms. The number of carboxylic acid groups (broad SMARTS) is 1. The average molecular weight is 462 g/mol. The second kappa shape index (κ2) is 10.1. The number of aliphatic carboxylic acids is 1. The molecule has 0 radical (unpaired) electrons. The van der Waals surface area contributed by atoms with Crippen LogP contribution in [0.5, 0.6) is 5.75 Å². The molecule has 0 unspecified atom stereocenters. The standard InChI is InChI=1S/C25H28ClNO3.ClH/c1-2-18-5-8-22(26)20(15-18)6-3-19-4-7-21-23(16-19)30-17-25(21)10-13-27(14-11-25)12-9-24(28)29;/h3-8,15-16H,2,9-14,17H2,1H3,(H,28,29);1H/b6-3+;. The van der Waals surface area contributed by atoms with Crippen molar-refractivity contribution in [2.24, 2.45) is 0 Å². The Bertz CT molecular complexity index is 965. The largest absolute Gasteiger partial charge is 0.492 e. The number of benzene rings is 2. The van der Waals surface area contributed by atoms with E-state index in [0.717, 1.165) is 54.3 Å². The first kappa shape index (κ1) is 23.6. The molecular formula is C25H29Cl2NO3. The highest BCUT2D eigenvalue weighted by Crippen LogP contribution is 2.46. The van der Waals surface area contributed by atoms with Crippen LogP contribution in [0.2, 0.25) is 5.02 Å². The molecule has 1 fully saturated rings. The molecule has 0 bridgehead atoms. The van der Waals surface area contributed by atoms with E-state index < -0.39 is 5.97 Å². The number of carboxylic acids is 1. The molecule has 4 nitrogen and oxygen atoms in total. The summed E-state index contributed by atoms with van der Waals surface area (Å²) in [5.41, 5.74) is 4.76. The fourth-order valence-corrected chi connectivity index (χ4v) is 4.67. The number of nitrogens with zero attached hydrogens (tertiary/aromatic N) is 1. The van der Waals surface area contributed by atoms with Gasteiger partial charge in [-0.1, -0.05) is 54.9 Å². The molecule has 4 rings (SSSR count). The lowest BCUT2D eigenvalue weighted by Gasteiger charge is -2.38. The number of ether oxygens (including phenoxy) is 1. The van der Waals surface area contributed by atoms with Gasteiger partial charge in [-0.25, -0.2) is 0 Å². The Hall–Kier alpha value is -2.01. The molecule has 0 aromatic heterocycles. The number of piperidine rings is 1. The number of hydrogen-bond donors (Lipinski definition) is 1. The zero-order valence-corrected chi connectivity index (χ0v) is 19.3. The van der Waals surface area contributed by atoms with Crippen LogP contribution in [-0.4, -0.2) is 42.2 Å². The summed E-state index contributed by atoms with van der Waals surface area (Å²) < 4.78 is 6.11. The van der Waals surface area contributed by atoms with Gasteiger partial charge >= 0.3 is 5.97 Å². The second-order valence-electron chi connectivity index (χ2n) is 8.35. The maximum atomic E-state index is 10.8. The van der Waals surface area contributed by atoms with Crippen molar-refractivity contribution in [1.82, 2.24) is 4.90 Å². The highest BCUT2D eigenvalue weighted by Gasteiger charge is 2.42. The summed E-state index contributed by atoms with van der Waals surface area (Å²) in [5.74, 6) is 0.248. The van der Waals surface area contributed by atoms with Crippen molar-refractivity contribution in [2.45, 2.75) is 38.0 Å². The molecule has 1 spiro atoms. The first-order chi connectivity index (χ1) is 14.5. The van der Waals surface area contributed by atoms with E-state index in [4.69, 9.17) is 21.4 Å². The van der Waals surface area contributed by atoms with Gasteiger partial charge in [-0.3, -0.25) is 4.79 Å².